The van der Waals surface area contributed by atoms with Gasteiger partial charge in [0, 0.05) is 0 Å². The van der Waals surface area contributed by atoms with Gasteiger partial charge >= 0.3 is 0 Å². The third-order valence-electron chi connectivity index (χ3n) is 4.23. The minimum absolute atomic E-state index is 0.438. The van der Waals surface area contributed by atoms with Gasteiger partial charge in [-0.3, -0.25) is 0 Å². The molecule has 0 aliphatic carbocycles. The fourth-order valence-electron chi connectivity index (χ4n) is 2.84. The maximum Gasteiger partial charge on any atom is 0.161 e. The van der Waals surface area contributed by atoms with Gasteiger partial charge in [0.1, 0.15) is 19.0 Å². The molecule has 3 aromatic carbocycles. The molecule has 0 atom stereocenters. The second kappa shape index (κ2) is 9.64. The Hall–Kier alpha value is -2.98. The Balaban J connectivity index is 1.50. The first-order chi connectivity index (χ1) is 13.3. The average molecular weight is 363 g/mol. The van der Waals surface area contributed by atoms with E-state index in [0.717, 1.165) is 17.7 Å². The van der Waals surface area contributed by atoms with Crippen molar-refractivity contribution in [2.45, 2.75) is 6.42 Å². The molecule has 3 aromatic rings. The summed E-state index contributed by atoms with van der Waals surface area (Å²) in [5.74, 6) is 2.25. The molecule has 0 spiro atoms. The highest BCUT2D eigenvalue weighted by Gasteiger charge is 2.06. The summed E-state index contributed by atoms with van der Waals surface area (Å²) < 4.78 is 17.0. The van der Waals surface area contributed by atoms with Crippen molar-refractivity contribution in [3.05, 3.63) is 78.4 Å². The van der Waals surface area contributed by atoms with Gasteiger partial charge in [0.2, 0.25) is 0 Å². The predicted molar refractivity (Wildman–Crippen MR) is 109 cm³/mol. The second-order valence-corrected chi connectivity index (χ2v) is 6.11. The van der Waals surface area contributed by atoms with Gasteiger partial charge in [-0.1, -0.05) is 48.5 Å². The summed E-state index contributed by atoms with van der Waals surface area (Å²) in [6, 6.07) is 24.2. The highest BCUT2D eigenvalue weighted by atomic mass is 16.5. The van der Waals surface area contributed by atoms with Crippen LogP contribution < -0.4 is 19.9 Å². The Morgan fingerprint density at radius 2 is 1.44 bits per heavy atom. The molecule has 140 valence electrons. The van der Waals surface area contributed by atoms with Crippen LogP contribution in [0.5, 0.6) is 17.2 Å². The van der Waals surface area contributed by atoms with E-state index >= 15 is 0 Å². The lowest BCUT2D eigenvalue weighted by Gasteiger charge is -2.13. The molecule has 0 aliphatic heterocycles. The van der Waals surface area contributed by atoms with Crippen LogP contribution in [-0.2, 0) is 6.42 Å². The third-order valence-corrected chi connectivity index (χ3v) is 4.23. The molecule has 0 bridgehead atoms. The number of benzene rings is 3. The summed E-state index contributed by atoms with van der Waals surface area (Å²) >= 11 is 0. The summed E-state index contributed by atoms with van der Waals surface area (Å²) in [7, 11) is 1.64. The first-order valence-corrected chi connectivity index (χ1v) is 9.08. The first kappa shape index (κ1) is 18.8. The van der Waals surface area contributed by atoms with Crippen LogP contribution in [0.3, 0.4) is 0 Å². The van der Waals surface area contributed by atoms with E-state index in [0.29, 0.717) is 31.3 Å². The summed E-state index contributed by atoms with van der Waals surface area (Å²) in [5, 5.41) is 0. The maximum absolute atomic E-state index is 5.79. The molecule has 0 saturated heterocycles. The fourth-order valence-corrected chi connectivity index (χ4v) is 2.84. The quantitative estimate of drug-likeness (QED) is 0.575. The zero-order valence-electron chi connectivity index (χ0n) is 15.6. The molecule has 0 fully saturated rings. The second-order valence-electron chi connectivity index (χ2n) is 6.11. The topological polar surface area (TPSA) is 53.7 Å². The molecule has 0 amide bonds. The molecule has 4 heteroatoms. The van der Waals surface area contributed by atoms with Crippen LogP contribution in [0.4, 0.5) is 0 Å². The minimum atomic E-state index is 0.438. The van der Waals surface area contributed by atoms with Crippen molar-refractivity contribution in [1.82, 2.24) is 0 Å². The molecule has 0 unspecified atom stereocenters. The third kappa shape index (κ3) is 5.25. The van der Waals surface area contributed by atoms with Gasteiger partial charge in [-0.25, -0.2) is 0 Å². The Labute approximate surface area is 160 Å². The zero-order valence-corrected chi connectivity index (χ0v) is 15.6. The Kier molecular flexibility index (Phi) is 6.72. The summed E-state index contributed by atoms with van der Waals surface area (Å²) in [5.41, 5.74) is 9.09. The van der Waals surface area contributed by atoms with Crippen molar-refractivity contribution in [3.8, 4) is 28.4 Å². The largest absolute Gasteiger partial charge is 0.493 e. The molecular formula is C23H25NO3. The molecule has 0 aromatic heterocycles. The van der Waals surface area contributed by atoms with Crippen molar-refractivity contribution in [3.63, 3.8) is 0 Å². The van der Waals surface area contributed by atoms with E-state index < -0.39 is 0 Å². The molecule has 4 nitrogen and oxygen atoms in total. The molecule has 0 radical (unpaired) electrons. The normalized spacial score (nSPS) is 10.4. The van der Waals surface area contributed by atoms with Gasteiger partial charge in [0.25, 0.3) is 0 Å². The Bertz CT molecular complexity index is 832. The zero-order chi connectivity index (χ0) is 18.9. The van der Waals surface area contributed by atoms with Gasteiger partial charge < -0.3 is 19.9 Å². The molecule has 0 heterocycles. The van der Waals surface area contributed by atoms with Crippen LogP contribution in [0.2, 0.25) is 0 Å². The standard InChI is InChI=1S/C23H25NO3/c1-25-23-17-18(13-14-24)7-12-22(23)27-16-15-26-21-10-8-20(9-11-21)19-5-3-2-4-6-19/h2-12,17H,13-16,24H2,1H3. The lowest BCUT2D eigenvalue weighted by atomic mass is 10.1. The van der Waals surface area contributed by atoms with Crippen LogP contribution in [0.1, 0.15) is 5.56 Å². The first-order valence-electron chi connectivity index (χ1n) is 9.08. The van der Waals surface area contributed by atoms with Gasteiger partial charge in [0.05, 0.1) is 7.11 Å². The minimum Gasteiger partial charge on any atom is -0.493 e. The fraction of sp³-hybridized carbons (Fsp3) is 0.217. The highest BCUT2D eigenvalue weighted by molar-refractivity contribution is 5.63. The van der Waals surface area contributed by atoms with Gasteiger partial charge in [-0.2, -0.15) is 0 Å². The number of rotatable bonds is 9. The van der Waals surface area contributed by atoms with Crippen molar-refractivity contribution >= 4 is 0 Å². The summed E-state index contributed by atoms with van der Waals surface area (Å²) in [6.45, 7) is 1.51. The predicted octanol–water partition coefficient (Wildman–Crippen LogP) is 4.32. The lowest BCUT2D eigenvalue weighted by molar-refractivity contribution is 0.211. The summed E-state index contributed by atoms with van der Waals surface area (Å²) in [4.78, 5) is 0. The molecule has 3 rings (SSSR count). The van der Waals surface area contributed by atoms with Crippen LogP contribution in [0, 0.1) is 0 Å². The average Bonchev–Trinajstić information content (AvgIpc) is 2.73. The number of hydrogen-bond donors (Lipinski definition) is 1. The summed E-state index contributed by atoms with van der Waals surface area (Å²) in [6.07, 6.45) is 0.818. The van der Waals surface area contributed by atoms with Gasteiger partial charge in [0.15, 0.2) is 11.5 Å². The maximum atomic E-state index is 5.79. The molecular weight excluding hydrogens is 338 g/mol. The van der Waals surface area contributed by atoms with Gasteiger partial charge in [-0.05, 0) is 53.9 Å². The molecule has 0 saturated carbocycles. The van der Waals surface area contributed by atoms with E-state index in [9.17, 15) is 0 Å². The van der Waals surface area contributed by atoms with Crippen molar-refractivity contribution in [2.75, 3.05) is 26.9 Å². The smallest absolute Gasteiger partial charge is 0.161 e. The van der Waals surface area contributed by atoms with Crippen LogP contribution >= 0.6 is 0 Å². The van der Waals surface area contributed by atoms with E-state index in [4.69, 9.17) is 19.9 Å². The number of ether oxygens (including phenoxy) is 3. The van der Waals surface area contributed by atoms with Crippen LogP contribution in [0.15, 0.2) is 72.8 Å². The van der Waals surface area contributed by atoms with Gasteiger partial charge in [-0.15, -0.1) is 0 Å². The molecule has 0 aliphatic rings. The van der Waals surface area contributed by atoms with E-state index in [1.54, 1.807) is 7.11 Å². The molecule has 2 N–H and O–H groups in total. The Morgan fingerprint density at radius 3 is 2.15 bits per heavy atom. The molecule has 27 heavy (non-hydrogen) atoms. The van der Waals surface area contributed by atoms with E-state index in [2.05, 4.69) is 24.3 Å². The SMILES string of the molecule is COc1cc(CCN)ccc1OCCOc1ccc(-c2ccccc2)cc1. The van der Waals surface area contributed by atoms with E-state index in [1.807, 2.05) is 48.5 Å². The van der Waals surface area contributed by atoms with Crippen molar-refractivity contribution in [1.29, 1.82) is 0 Å². The van der Waals surface area contributed by atoms with Crippen LogP contribution in [-0.4, -0.2) is 26.9 Å². The highest BCUT2D eigenvalue weighted by Crippen LogP contribution is 2.28. The Morgan fingerprint density at radius 1 is 0.741 bits per heavy atom. The number of nitrogens with two attached hydrogens (primary N) is 1. The van der Waals surface area contributed by atoms with E-state index in [1.165, 1.54) is 11.1 Å². The van der Waals surface area contributed by atoms with Crippen LogP contribution in [0.25, 0.3) is 11.1 Å². The lowest BCUT2D eigenvalue weighted by Crippen LogP contribution is -2.10. The number of methoxy groups -OCH3 is 1. The number of hydrogen-bond acceptors (Lipinski definition) is 4. The monoisotopic (exact) mass is 363 g/mol. The van der Waals surface area contributed by atoms with Crippen molar-refractivity contribution < 1.29 is 14.2 Å². The van der Waals surface area contributed by atoms with E-state index in [-0.39, 0.29) is 0 Å². The van der Waals surface area contributed by atoms with Crippen molar-refractivity contribution in [2.24, 2.45) is 5.73 Å².